The van der Waals surface area contributed by atoms with Crippen LogP contribution in [0.2, 0.25) is 0 Å². The van der Waals surface area contributed by atoms with E-state index < -0.39 is 23.6 Å². The highest BCUT2D eigenvalue weighted by atomic mass is 32.2. The molecule has 23 heavy (non-hydrogen) atoms. The quantitative estimate of drug-likeness (QED) is 0.870. The Kier molecular flexibility index (Phi) is 4.03. The van der Waals surface area contributed by atoms with Gasteiger partial charge in [0.25, 0.3) is 11.1 Å². The minimum Gasteiger partial charge on any atom is -0.457 e. The Labute approximate surface area is 135 Å². The summed E-state index contributed by atoms with van der Waals surface area (Å²) in [7, 11) is 0. The molecule has 116 valence electrons. The molecule has 6 nitrogen and oxygen atoms in total. The maximum Gasteiger partial charge on any atom is 0.294 e. The lowest BCUT2D eigenvalue weighted by Crippen LogP contribution is -2.36. The lowest BCUT2D eigenvalue weighted by Gasteiger charge is -2.08. The van der Waals surface area contributed by atoms with Crippen molar-refractivity contribution in [2.45, 2.75) is 0 Å². The molecule has 3 rings (SSSR count). The average Bonchev–Trinajstić information content (AvgIpc) is 3.09. The highest BCUT2D eigenvalue weighted by molar-refractivity contribution is 8.18. The molecule has 0 bridgehead atoms. The standard InChI is InChI=1S/C16H12N2O4S/c17-14(19)9-18-15(20)13(23-16(18)21)8-11-6-7-12(22-11)10-4-2-1-3-5-10/h1-8H,9H2,(H2,17,19)/b13-8-. The van der Waals surface area contributed by atoms with Gasteiger partial charge in [-0.05, 0) is 23.9 Å². The van der Waals surface area contributed by atoms with Crippen molar-refractivity contribution in [1.29, 1.82) is 0 Å². The zero-order chi connectivity index (χ0) is 16.4. The Morgan fingerprint density at radius 1 is 1.17 bits per heavy atom. The minimum atomic E-state index is -0.738. The number of hydrogen-bond acceptors (Lipinski definition) is 5. The Bertz CT molecular complexity index is 810. The van der Waals surface area contributed by atoms with Gasteiger partial charge >= 0.3 is 0 Å². The molecule has 2 aromatic rings. The van der Waals surface area contributed by atoms with E-state index in [4.69, 9.17) is 10.2 Å². The van der Waals surface area contributed by atoms with Crippen molar-refractivity contribution in [1.82, 2.24) is 4.90 Å². The molecule has 0 radical (unpaired) electrons. The molecule has 1 aromatic heterocycles. The number of nitrogens with zero attached hydrogens (tertiary/aromatic N) is 1. The highest BCUT2D eigenvalue weighted by Gasteiger charge is 2.36. The van der Waals surface area contributed by atoms with Gasteiger partial charge in [0, 0.05) is 11.6 Å². The van der Waals surface area contributed by atoms with Gasteiger partial charge in [0.1, 0.15) is 18.1 Å². The summed E-state index contributed by atoms with van der Waals surface area (Å²) in [5.74, 6) is -0.170. The Morgan fingerprint density at radius 2 is 1.91 bits per heavy atom. The second-order valence-corrected chi connectivity index (χ2v) is 5.80. The van der Waals surface area contributed by atoms with Gasteiger partial charge in [0.2, 0.25) is 5.91 Å². The summed E-state index contributed by atoms with van der Waals surface area (Å²) in [6.07, 6.45) is 1.48. The molecule has 1 aliphatic rings. The van der Waals surface area contributed by atoms with Gasteiger partial charge in [0.05, 0.1) is 4.91 Å². The summed E-state index contributed by atoms with van der Waals surface area (Å²) in [4.78, 5) is 35.8. The number of benzene rings is 1. The average molecular weight is 328 g/mol. The first-order valence-corrected chi connectivity index (χ1v) is 7.55. The Balaban J connectivity index is 1.83. The lowest BCUT2D eigenvalue weighted by atomic mass is 10.2. The smallest absolute Gasteiger partial charge is 0.294 e. The van der Waals surface area contributed by atoms with E-state index in [1.54, 1.807) is 12.1 Å². The van der Waals surface area contributed by atoms with Crippen molar-refractivity contribution in [2.75, 3.05) is 6.54 Å². The lowest BCUT2D eigenvalue weighted by molar-refractivity contribution is -0.127. The fourth-order valence-corrected chi connectivity index (χ4v) is 2.93. The zero-order valence-corrected chi connectivity index (χ0v) is 12.7. The number of rotatable bonds is 4. The maximum absolute atomic E-state index is 12.1. The third-order valence-electron chi connectivity index (χ3n) is 3.15. The van der Waals surface area contributed by atoms with Crippen LogP contribution in [0.4, 0.5) is 4.79 Å². The zero-order valence-electron chi connectivity index (χ0n) is 11.9. The van der Waals surface area contributed by atoms with E-state index >= 15 is 0 Å². The van der Waals surface area contributed by atoms with Gasteiger partial charge in [-0.25, -0.2) is 0 Å². The predicted molar refractivity (Wildman–Crippen MR) is 86.0 cm³/mol. The molecule has 2 N–H and O–H groups in total. The van der Waals surface area contributed by atoms with Gasteiger partial charge in [-0.3, -0.25) is 19.3 Å². The number of imide groups is 1. The molecule has 0 unspecified atom stereocenters. The largest absolute Gasteiger partial charge is 0.457 e. The molecule has 1 aromatic carbocycles. The molecule has 0 aliphatic carbocycles. The van der Waals surface area contributed by atoms with E-state index in [9.17, 15) is 14.4 Å². The Morgan fingerprint density at radius 3 is 2.61 bits per heavy atom. The number of thioether (sulfide) groups is 1. The van der Waals surface area contributed by atoms with E-state index in [1.807, 2.05) is 30.3 Å². The van der Waals surface area contributed by atoms with E-state index in [-0.39, 0.29) is 4.91 Å². The third kappa shape index (κ3) is 3.19. The number of carbonyl (C=O) groups is 3. The number of nitrogens with two attached hydrogens (primary N) is 1. The number of amides is 3. The van der Waals surface area contributed by atoms with Crippen molar-refractivity contribution in [3.63, 3.8) is 0 Å². The van der Waals surface area contributed by atoms with Crippen molar-refractivity contribution in [2.24, 2.45) is 5.73 Å². The van der Waals surface area contributed by atoms with E-state index in [0.717, 1.165) is 22.2 Å². The minimum absolute atomic E-state index is 0.199. The first-order valence-electron chi connectivity index (χ1n) is 6.73. The monoisotopic (exact) mass is 328 g/mol. The number of furan rings is 1. The van der Waals surface area contributed by atoms with Crippen LogP contribution in [0.1, 0.15) is 5.76 Å². The van der Waals surface area contributed by atoms with Crippen molar-refractivity contribution in [3.05, 3.63) is 53.1 Å². The summed E-state index contributed by atoms with van der Waals surface area (Å²) < 4.78 is 5.67. The van der Waals surface area contributed by atoms with Crippen molar-refractivity contribution >= 4 is 34.9 Å². The molecule has 3 amide bonds. The van der Waals surface area contributed by atoms with Crippen LogP contribution in [-0.4, -0.2) is 28.5 Å². The Hall–Kier alpha value is -2.80. The highest BCUT2D eigenvalue weighted by Crippen LogP contribution is 2.33. The van der Waals surface area contributed by atoms with Gasteiger partial charge in [-0.1, -0.05) is 30.3 Å². The predicted octanol–water partition coefficient (Wildman–Crippen LogP) is 2.47. The van der Waals surface area contributed by atoms with Crippen LogP contribution in [-0.2, 0) is 9.59 Å². The van der Waals surface area contributed by atoms with Crippen LogP contribution in [0.25, 0.3) is 17.4 Å². The van der Waals surface area contributed by atoms with Gasteiger partial charge in [-0.2, -0.15) is 0 Å². The van der Waals surface area contributed by atoms with Crippen LogP contribution in [0, 0.1) is 0 Å². The molecular weight excluding hydrogens is 316 g/mol. The van der Waals surface area contributed by atoms with E-state index in [0.29, 0.717) is 11.5 Å². The first kappa shape index (κ1) is 15.1. The normalized spacial score (nSPS) is 16.3. The summed E-state index contributed by atoms with van der Waals surface area (Å²) in [6.45, 7) is -0.421. The molecule has 2 heterocycles. The summed E-state index contributed by atoms with van der Waals surface area (Å²) >= 11 is 0.754. The van der Waals surface area contributed by atoms with Crippen LogP contribution in [0.15, 0.2) is 51.8 Å². The topological polar surface area (TPSA) is 93.6 Å². The fourth-order valence-electron chi connectivity index (χ4n) is 2.11. The molecule has 0 saturated carbocycles. The number of carbonyl (C=O) groups excluding carboxylic acids is 3. The molecule has 0 atom stereocenters. The molecule has 7 heteroatoms. The van der Waals surface area contributed by atoms with Gasteiger partial charge < -0.3 is 10.2 Å². The number of primary amides is 1. The summed E-state index contributed by atoms with van der Waals surface area (Å²) in [5, 5.41) is -0.519. The van der Waals surface area contributed by atoms with Crippen LogP contribution >= 0.6 is 11.8 Å². The second kappa shape index (κ2) is 6.13. The van der Waals surface area contributed by atoms with Crippen molar-refractivity contribution in [3.8, 4) is 11.3 Å². The molecule has 1 saturated heterocycles. The van der Waals surface area contributed by atoms with Crippen LogP contribution in [0.5, 0.6) is 0 Å². The molecule has 0 spiro atoms. The second-order valence-electron chi connectivity index (χ2n) is 4.80. The van der Waals surface area contributed by atoms with Crippen molar-refractivity contribution < 1.29 is 18.8 Å². The molecule has 1 aliphatic heterocycles. The number of hydrogen-bond donors (Lipinski definition) is 1. The fraction of sp³-hybridized carbons (Fsp3) is 0.0625. The summed E-state index contributed by atoms with van der Waals surface area (Å²) in [6, 6.07) is 13.0. The van der Waals surface area contributed by atoms with Gasteiger partial charge in [0.15, 0.2) is 0 Å². The van der Waals surface area contributed by atoms with E-state index in [2.05, 4.69) is 0 Å². The van der Waals surface area contributed by atoms with Crippen LogP contribution in [0.3, 0.4) is 0 Å². The maximum atomic E-state index is 12.1. The van der Waals surface area contributed by atoms with Gasteiger partial charge in [-0.15, -0.1) is 0 Å². The first-order chi connectivity index (χ1) is 11.0. The third-order valence-corrected chi connectivity index (χ3v) is 4.05. The molecular formula is C16H12N2O4S. The van der Waals surface area contributed by atoms with E-state index in [1.165, 1.54) is 6.08 Å². The summed E-state index contributed by atoms with van der Waals surface area (Å²) in [5.41, 5.74) is 5.94. The molecule has 1 fully saturated rings. The SMILES string of the molecule is NC(=O)CN1C(=O)S/C(=C\c2ccc(-c3ccccc3)o2)C1=O. The van der Waals surface area contributed by atoms with Crippen LogP contribution < -0.4 is 5.73 Å².